The summed E-state index contributed by atoms with van der Waals surface area (Å²) in [6.07, 6.45) is -3.25. The molecule has 1 aromatic rings. The Kier molecular flexibility index (Phi) is 4.27. The topological polar surface area (TPSA) is 86.0 Å². The Balaban J connectivity index is 2.97. The molecule has 0 spiro atoms. The van der Waals surface area contributed by atoms with Crippen molar-refractivity contribution in [1.82, 2.24) is 0 Å². The molecule has 0 aliphatic heterocycles. The number of nitriles is 2. The summed E-state index contributed by atoms with van der Waals surface area (Å²) in [7, 11) is 0. The van der Waals surface area contributed by atoms with Gasteiger partial charge in [0, 0.05) is 6.21 Å². The number of benzene rings is 1. The first-order valence-electron chi connectivity index (χ1n) is 4.89. The molecule has 96 valence electrons. The lowest BCUT2D eigenvalue weighted by atomic mass is 10.1. The van der Waals surface area contributed by atoms with Crippen LogP contribution in [0, 0.1) is 22.7 Å². The van der Waals surface area contributed by atoms with Gasteiger partial charge in [-0.2, -0.15) is 23.7 Å². The monoisotopic (exact) mass is 264 g/mol. The van der Waals surface area contributed by atoms with E-state index in [4.69, 9.17) is 16.3 Å². The summed E-state index contributed by atoms with van der Waals surface area (Å²) in [5.41, 5.74) is 4.13. The van der Waals surface area contributed by atoms with Crippen molar-refractivity contribution >= 4 is 6.21 Å². The molecule has 0 amide bonds. The van der Waals surface area contributed by atoms with Crippen LogP contribution < -0.4 is 5.73 Å². The van der Waals surface area contributed by atoms with Crippen LogP contribution in [0.3, 0.4) is 0 Å². The van der Waals surface area contributed by atoms with Crippen molar-refractivity contribution in [3.63, 3.8) is 0 Å². The van der Waals surface area contributed by atoms with Crippen molar-refractivity contribution in [2.45, 2.75) is 6.18 Å². The number of hydrogen-bond donors (Lipinski definition) is 1. The third-order valence-electron chi connectivity index (χ3n) is 2.06. The molecule has 0 fully saturated rings. The van der Waals surface area contributed by atoms with E-state index in [-0.39, 0.29) is 11.4 Å². The van der Waals surface area contributed by atoms with E-state index < -0.39 is 11.7 Å². The molecule has 0 aromatic heterocycles. The highest BCUT2D eigenvalue weighted by Crippen LogP contribution is 2.28. The van der Waals surface area contributed by atoms with Crippen LogP contribution in [0.5, 0.6) is 0 Å². The van der Waals surface area contributed by atoms with Gasteiger partial charge in [0.2, 0.25) is 0 Å². The molecule has 0 atom stereocenters. The van der Waals surface area contributed by atoms with Gasteiger partial charge in [-0.1, -0.05) is 12.1 Å². The summed E-state index contributed by atoms with van der Waals surface area (Å²) in [4.78, 5) is 3.64. The van der Waals surface area contributed by atoms with E-state index in [1.165, 1.54) is 12.1 Å². The van der Waals surface area contributed by atoms with Crippen molar-refractivity contribution < 1.29 is 13.2 Å². The second-order valence-electron chi connectivity index (χ2n) is 3.36. The minimum Gasteiger partial charge on any atom is -0.388 e. The lowest BCUT2D eigenvalue weighted by molar-refractivity contribution is -0.137. The first-order valence-corrected chi connectivity index (χ1v) is 4.89. The highest BCUT2D eigenvalue weighted by molar-refractivity contribution is 5.81. The van der Waals surface area contributed by atoms with Crippen LogP contribution in [-0.4, -0.2) is 6.21 Å². The van der Waals surface area contributed by atoms with E-state index in [1.54, 1.807) is 12.1 Å². The summed E-state index contributed by atoms with van der Waals surface area (Å²) < 4.78 is 36.9. The molecular weight excluding hydrogens is 257 g/mol. The largest absolute Gasteiger partial charge is 0.416 e. The van der Waals surface area contributed by atoms with Crippen LogP contribution in [0.25, 0.3) is 0 Å². The molecule has 0 saturated heterocycles. The lowest BCUT2D eigenvalue weighted by Crippen LogP contribution is -2.04. The molecule has 0 bridgehead atoms. The van der Waals surface area contributed by atoms with Gasteiger partial charge in [0.1, 0.15) is 17.8 Å². The Bertz CT molecular complexity index is 598. The van der Waals surface area contributed by atoms with Crippen LogP contribution in [-0.2, 0) is 6.18 Å². The maximum atomic E-state index is 12.3. The summed E-state index contributed by atoms with van der Waals surface area (Å²) in [5, 5.41) is 17.1. The van der Waals surface area contributed by atoms with E-state index in [0.717, 1.165) is 18.3 Å². The van der Waals surface area contributed by atoms with Gasteiger partial charge in [-0.15, -0.1) is 0 Å². The molecule has 0 saturated carbocycles. The van der Waals surface area contributed by atoms with E-state index >= 15 is 0 Å². The molecule has 0 aliphatic carbocycles. The molecule has 1 rings (SSSR count). The normalized spacial score (nSPS) is 12.7. The lowest BCUT2D eigenvalue weighted by Gasteiger charge is -2.05. The Labute approximate surface area is 106 Å². The molecule has 0 radical (unpaired) electrons. The molecule has 7 heteroatoms. The number of alkyl halides is 3. The first kappa shape index (κ1) is 14.3. The Morgan fingerprint density at radius 2 is 1.74 bits per heavy atom. The number of nitrogens with two attached hydrogens (primary N) is 1. The fourth-order valence-electron chi connectivity index (χ4n) is 1.11. The average Bonchev–Trinajstić information content (AvgIpc) is 2.38. The summed E-state index contributed by atoms with van der Waals surface area (Å²) in [6, 6.07) is 7.35. The smallest absolute Gasteiger partial charge is 0.388 e. The minimum absolute atomic E-state index is 0.289. The number of allylic oxidation sites excluding steroid dienone is 2. The molecule has 0 aliphatic rings. The third kappa shape index (κ3) is 3.86. The molecule has 2 N–H and O–H groups in total. The van der Waals surface area contributed by atoms with Crippen molar-refractivity contribution in [1.29, 1.82) is 10.5 Å². The predicted molar refractivity (Wildman–Crippen MR) is 61.5 cm³/mol. The Hall–Kier alpha value is -2.80. The van der Waals surface area contributed by atoms with E-state index in [2.05, 4.69) is 4.99 Å². The fraction of sp³-hybridized carbons (Fsp3) is 0.0833. The third-order valence-corrected chi connectivity index (χ3v) is 2.06. The zero-order valence-corrected chi connectivity index (χ0v) is 9.44. The summed E-state index contributed by atoms with van der Waals surface area (Å²) in [6.45, 7) is 0. The van der Waals surface area contributed by atoms with Gasteiger partial charge in [-0.05, 0) is 17.7 Å². The molecule has 4 nitrogen and oxygen atoms in total. The van der Waals surface area contributed by atoms with Crippen LogP contribution in [0.1, 0.15) is 11.1 Å². The van der Waals surface area contributed by atoms with Crippen molar-refractivity contribution in [2.24, 2.45) is 10.7 Å². The second-order valence-corrected chi connectivity index (χ2v) is 3.36. The van der Waals surface area contributed by atoms with Gasteiger partial charge in [-0.25, -0.2) is 4.99 Å². The second kappa shape index (κ2) is 5.69. The zero-order chi connectivity index (χ0) is 14.5. The summed E-state index contributed by atoms with van der Waals surface area (Å²) >= 11 is 0. The number of halogens is 3. The molecule has 0 heterocycles. The Morgan fingerprint density at radius 3 is 2.16 bits per heavy atom. The van der Waals surface area contributed by atoms with Crippen LogP contribution >= 0.6 is 0 Å². The molecule has 1 aromatic carbocycles. The number of rotatable bonds is 2. The fourth-order valence-corrected chi connectivity index (χ4v) is 1.11. The number of hydrogen-bond acceptors (Lipinski definition) is 4. The molecule has 19 heavy (non-hydrogen) atoms. The SMILES string of the molecule is N#C/C(N)=C(\C#N)N=Cc1ccc(C(F)(F)F)cc1. The standard InChI is InChI=1S/C12H7F3N4/c13-12(14,15)9-3-1-8(2-4-9)7-19-11(6-17)10(18)5-16/h1-4,7H,18H2/b11-10-,19-7?. The quantitative estimate of drug-likeness (QED) is 0.657. The molecular formula is C12H7F3N4. The molecule has 0 unspecified atom stereocenters. The van der Waals surface area contributed by atoms with E-state index in [1.807, 2.05) is 0 Å². The highest BCUT2D eigenvalue weighted by atomic mass is 19.4. The van der Waals surface area contributed by atoms with Gasteiger partial charge in [-0.3, -0.25) is 0 Å². The van der Waals surface area contributed by atoms with Crippen molar-refractivity contribution in [3.8, 4) is 12.1 Å². The summed E-state index contributed by atoms with van der Waals surface area (Å²) in [5.74, 6) is 0. The van der Waals surface area contributed by atoms with Crippen LogP contribution in [0.2, 0.25) is 0 Å². The van der Waals surface area contributed by atoms with E-state index in [9.17, 15) is 13.2 Å². The number of aliphatic imine (C=N–C) groups is 1. The van der Waals surface area contributed by atoms with Crippen molar-refractivity contribution in [2.75, 3.05) is 0 Å². The van der Waals surface area contributed by atoms with Gasteiger partial charge >= 0.3 is 6.18 Å². The maximum Gasteiger partial charge on any atom is 0.416 e. The maximum absolute atomic E-state index is 12.3. The Morgan fingerprint density at radius 1 is 1.16 bits per heavy atom. The first-order chi connectivity index (χ1) is 8.88. The number of nitrogens with zero attached hydrogens (tertiary/aromatic N) is 3. The van der Waals surface area contributed by atoms with Crippen molar-refractivity contribution in [3.05, 3.63) is 46.8 Å². The van der Waals surface area contributed by atoms with Crippen LogP contribution in [0.15, 0.2) is 40.7 Å². The van der Waals surface area contributed by atoms with Crippen LogP contribution in [0.4, 0.5) is 13.2 Å². The van der Waals surface area contributed by atoms with Gasteiger partial charge in [0.15, 0.2) is 5.70 Å². The predicted octanol–water partition coefficient (Wildman–Crippen LogP) is 2.34. The van der Waals surface area contributed by atoms with Gasteiger partial charge in [0.25, 0.3) is 0 Å². The average molecular weight is 264 g/mol. The zero-order valence-electron chi connectivity index (χ0n) is 9.44. The van der Waals surface area contributed by atoms with Gasteiger partial charge in [0.05, 0.1) is 5.56 Å². The minimum atomic E-state index is -4.40. The van der Waals surface area contributed by atoms with E-state index in [0.29, 0.717) is 5.56 Å². The highest BCUT2D eigenvalue weighted by Gasteiger charge is 2.29. The van der Waals surface area contributed by atoms with Gasteiger partial charge < -0.3 is 5.73 Å².